The molecular formula is C5H11FOS. The molecule has 0 heterocycles. The molecule has 0 spiro atoms. The molecule has 8 heavy (non-hydrogen) atoms. The average molecular weight is 138 g/mol. The molecule has 0 aromatic carbocycles. The predicted molar refractivity (Wildman–Crippen MR) is 35.0 cm³/mol. The standard InChI is InChI=1S/C5H11FOS/c6-2-5-8-4-1-3-7/h7H,1-5H2. The summed E-state index contributed by atoms with van der Waals surface area (Å²) in [5, 5.41) is 8.26. The van der Waals surface area contributed by atoms with E-state index in [9.17, 15) is 4.39 Å². The van der Waals surface area contributed by atoms with Crippen molar-refractivity contribution in [3.8, 4) is 0 Å². The van der Waals surface area contributed by atoms with E-state index in [1.165, 1.54) is 0 Å². The summed E-state index contributed by atoms with van der Waals surface area (Å²) in [6, 6.07) is 0. The zero-order valence-corrected chi connectivity index (χ0v) is 5.59. The van der Waals surface area contributed by atoms with Crippen LogP contribution in [0.2, 0.25) is 0 Å². The molecule has 0 aromatic heterocycles. The summed E-state index contributed by atoms with van der Waals surface area (Å²) < 4.78 is 11.3. The third-order valence-corrected chi connectivity index (χ3v) is 1.69. The van der Waals surface area contributed by atoms with Crippen molar-refractivity contribution < 1.29 is 9.50 Å². The molecule has 0 atom stereocenters. The zero-order valence-electron chi connectivity index (χ0n) is 4.77. The molecule has 0 aliphatic heterocycles. The van der Waals surface area contributed by atoms with Crippen LogP contribution in [0, 0.1) is 0 Å². The van der Waals surface area contributed by atoms with Gasteiger partial charge in [0, 0.05) is 12.4 Å². The van der Waals surface area contributed by atoms with Crippen molar-refractivity contribution in [3.05, 3.63) is 0 Å². The molecule has 0 aromatic rings. The van der Waals surface area contributed by atoms with Crippen molar-refractivity contribution >= 4 is 11.8 Å². The van der Waals surface area contributed by atoms with Gasteiger partial charge in [-0.25, -0.2) is 0 Å². The van der Waals surface area contributed by atoms with Gasteiger partial charge in [-0.3, -0.25) is 4.39 Å². The molecule has 1 N–H and O–H groups in total. The lowest BCUT2D eigenvalue weighted by Crippen LogP contribution is -1.88. The fourth-order valence-electron chi connectivity index (χ4n) is 0.323. The van der Waals surface area contributed by atoms with Crippen molar-refractivity contribution in [1.29, 1.82) is 0 Å². The van der Waals surface area contributed by atoms with Crippen LogP contribution in [0.5, 0.6) is 0 Å². The first-order valence-electron chi connectivity index (χ1n) is 2.66. The number of rotatable bonds is 5. The van der Waals surface area contributed by atoms with Crippen LogP contribution >= 0.6 is 11.8 Å². The summed E-state index contributed by atoms with van der Waals surface area (Å²) in [5.74, 6) is 1.44. The molecule has 0 aliphatic carbocycles. The van der Waals surface area contributed by atoms with Gasteiger partial charge < -0.3 is 5.11 Å². The zero-order chi connectivity index (χ0) is 6.24. The van der Waals surface area contributed by atoms with E-state index in [-0.39, 0.29) is 13.3 Å². The highest BCUT2D eigenvalue weighted by molar-refractivity contribution is 7.99. The van der Waals surface area contributed by atoms with Gasteiger partial charge in [-0.15, -0.1) is 0 Å². The summed E-state index contributed by atoms with van der Waals surface area (Å²) in [6.45, 7) is -0.0324. The number of halogens is 1. The minimum Gasteiger partial charge on any atom is -0.396 e. The van der Waals surface area contributed by atoms with Crippen LogP contribution in [-0.4, -0.2) is 29.9 Å². The van der Waals surface area contributed by atoms with Crippen molar-refractivity contribution in [2.24, 2.45) is 0 Å². The predicted octanol–water partition coefficient (Wildman–Crippen LogP) is 1.07. The minimum absolute atomic E-state index is 0.222. The summed E-state index contributed by atoms with van der Waals surface area (Å²) in [6.07, 6.45) is 0.782. The van der Waals surface area contributed by atoms with Crippen molar-refractivity contribution in [2.45, 2.75) is 6.42 Å². The maximum atomic E-state index is 11.3. The molecule has 0 unspecified atom stereocenters. The van der Waals surface area contributed by atoms with Crippen LogP contribution in [0.1, 0.15) is 6.42 Å². The smallest absolute Gasteiger partial charge is 0.0984 e. The van der Waals surface area contributed by atoms with E-state index < -0.39 is 0 Å². The maximum absolute atomic E-state index is 11.3. The van der Waals surface area contributed by atoms with E-state index in [1.807, 2.05) is 0 Å². The molecule has 0 saturated heterocycles. The highest BCUT2D eigenvalue weighted by Crippen LogP contribution is 2.00. The van der Waals surface area contributed by atoms with E-state index in [1.54, 1.807) is 11.8 Å². The molecule has 1 nitrogen and oxygen atoms in total. The fourth-order valence-corrected chi connectivity index (χ4v) is 0.970. The van der Waals surface area contributed by atoms with E-state index in [0.717, 1.165) is 12.2 Å². The van der Waals surface area contributed by atoms with Crippen LogP contribution in [0.3, 0.4) is 0 Å². The fraction of sp³-hybridized carbons (Fsp3) is 1.00. The number of aliphatic hydroxyl groups is 1. The molecule has 0 fully saturated rings. The summed E-state index contributed by atoms with van der Waals surface area (Å²) in [5.41, 5.74) is 0. The number of aliphatic hydroxyl groups excluding tert-OH is 1. The SMILES string of the molecule is OCCCSCCF. The maximum Gasteiger partial charge on any atom is 0.0984 e. The second-order valence-electron chi connectivity index (χ2n) is 1.38. The summed E-state index contributed by atoms with van der Waals surface area (Å²) in [4.78, 5) is 0. The lowest BCUT2D eigenvalue weighted by Gasteiger charge is -1.92. The van der Waals surface area contributed by atoms with Gasteiger partial charge in [0.05, 0.1) is 6.67 Å². The monoisotopic (exact) mass is 138 g/mol. The quantitative estimate of drug-likeness (QED) is 0.573. The van der Waals surface area contributed by atoms with E-state index in [0.29, 0.717) is 5.75 Å². The van der Waals surface area contributed by atoms with Gasteiger partial charge in [0.25, 0.3) is 0 Å². The first-order chi connectivity index (χ1) is 3.91. The second-order valence-corrected chi connectivity index (χ2v) is 2.60. The molecule has 0 bridgehead atoms. The van der Waals surface area contributed by atoms with Crippen LogP contribution < -0.4 is 0 Å². The Morgan fingerprint density at radius 1 is 1.38 bits per heavy atom. The summed E-state index contributed by atoms with van der Waals surface area (Å²) >= 11 is 1.54. The van der Waals surface area contributed by atoms with Gasteiger partial charge in [-0.2, -0.15) is 11.8 Å². The Morgan fingerprint density at radius 2 is 2.12 bits per heavy atom. The van der Waals surface area contributed by atoms with E-state index >= 15 is 0 Å². The van der Waals surface area contributed by atoms with Gasteiger partial charge in [0.15, 0.2) is 0 Å². The molecule has 50 valence electrons. The summed E-state index contributed by atoms with van der Waals surface area (Å²) in [7, 11) is 0. The Labute approximate surface area is 53.3 Å². The van der Waals surface area contributed by atoms with Crippen LogP contribution in [-0.2, 0) is 0 Å². The van der Waals surface area contributed by atoms with Gasteiger partial charge in [0.2, 0.25) is 0 Å². The highest BCUT2D eigenvalue weighted by atomic mass is 32.2. The Bertz CT molecular complexity index is 37.4. The normalized spacial score (nSPS) is 9.75. The van der Waals surface area contributed by atoms with Gasteiger partial charge in [-0.1, -0.05) is 0 Å². The number of hydrogen-bond donors (Lipinski definition) is 1. The van der Waals surface area contributed by atoms with E-state index in [4.69, 9.17) is 5.11 Å². The Balaban J connectivity index is 2.53. The van der Waals surface area contributed by atoms with Crippen LogP contribution in [0.15, 0.2) is 0 Å². The lowest BCUT2D eigenvalue weighted by atomic mass is 10.5. The first-order valence-corrected chi connectivity index (χ1v) is 3.82. The van der Waals surface area contributed by atoms with Gasteiger partial charge in [-0.05, 0) is 12.2 Å². The molecular weight excluding hydrogens is 127 g/mol. The molecule has 0 saturated carbocycles. The molecule has 3 heteroatoms. The topological polar surface area (TPSA) is 20.2 Å². The minimum atomic E-state index is -0.254. The second kappa shape index (κ2) is 7.24. The lowest BCUT2D eigenvalue weighted by molar-refractivity contribution is 0.296. The van der Waals surface area contributed by atoms with E-state index in [2.05, 4.69) is 0 Å². The van der Waals surface area contributed by atoms with Crippen molar-refractivity contribution in [1.82, 2.24) is 0 Å². The Kier molecular flexibility index (Phi) is 7.46. The van der Waals surface area contributed by atoms with Gasteiger partial charge >= 0.3 is 0 Å². The van der Waals surface area contributed by atoms with Gasteiger partial charge in [0.1, 0.15) is 0 Å². The van der Waals surface area contributed by atoms with Crippen LogP contribution in [0.25, 0.3) is 0 Å². The average Bonchev–Trinajstić information content (AvgIpc) is 1.81. The van der Waals surface area contributed by atoms with Crippen LogP contribution in [0.4, 0.5) is 4.39 Å². The molecule has 0 radical (unpaired) electrons. The Hall–Kier alpha value is 0.240. The third-order valence-electron chi connectivity index (χ3n) is 0.668. The third kappa shape index (κ3) is 6.24. The Morgan fingerprint density at radius 3 is 2.62 bits per heavy atom. The highest BCUT2D eigenvalue weighted by Gasteiger charge is 1.85. The largest absolute Gasteiger partial charge is 0.396 e. The van der Waals surface area contributed by atoms with Crippen molar-refractivity contribution in [3.63, 3.8) is 0 Å². The first kappa shape index (κ1) is 8.24. The number of thioether (sulfide) groups is 1. The molecule has 0 amide bonds. The number of alkyl halides is 1. The van der Waals surface area contributed by atoms with Crippen molar-refractivity contribution in [2.75, 3.05) is 24.8 Å². The molecule has 0 aliphatic rings. The number of hydrogen-bond acceptors (Lipinski definition) is 2. The molecule has 0 rings (SSSR count).